The van der Waals surface area contributed by atoms with Gasteiger partial charge in [0.25, 0.3) is 0 Å². The predicted octanol–water partition coefficient (Wildman–Crippen LogP) is 1.03. The van der Waals surface area contributed by atoms with Crippen molar-refractivity contribution in [2.24, 2.45) is 5.73 Å². The third-order valence-corrected chi connectivity index (χ3v) is 4.55. The van der Waals surface area contributed by atoms with E-state index in [-0.39, 0.29) is 11.9 Å². The number of primary amides is 1. The quantitative estimate of drug-likeness (QED) is 0.737. The predicted molar refractivity (Wildman–Crippen MR) is 88.3 cm³/mol. The minimum absolute atomic E-state index is 0.250. The van der Waals surface area contributed by atoms with Crippen LogP contribution in [0.4, 0.5) is 0 Å². The second-order valence-electron chi connectivity index (χ2n) is 6.96. The van der Waals surface area contributed by atoms with Crippen molar-refractivity contribution < 1.29 is 4.79 Å². The van der Waals surface area contributed by atoms with Gasteiger partial charge < -0.3 is 16.0 Å². The van der Waals surface area contributed by atoms with Crippen molar-refractivity contribution in [1.29, 1.82) is 0 Å². The Morgan fingerprint density at radius 1 is 1.43 bits per heavy atom. The molecule has 1 heterocycles. The number of carbonyl (C=O) groups is 1. The summed E-state index contributed by atoms with van der Waals surface area (Å²) in [5, 5.41) is 3.34. The van der Waals surface area contributed by atoms with E-state index in [1.54, 1.807) is 0 Å². The van der Waals surface area contributed by atoms with E-state index in [4.69, 9.17) is 5.73 Å². The van der Waals surface area contributed by atoms with Gasteiger partial charge in [-0.1, -0.05) is 6.92 Å². The third kappa shape index (κ3) is 5.57. The summed E-state index contributed by atoms with van der Waals surface area (Å²) in [6, 6.07) is 0.827. The van der Waals surface area contributed by atoms with Gasteiger partial charge >= 0.3 is 0 Å². The molecule has 21 heavy (non-hydrogen) atoms. The van der Waals surface area contributed by atoms with E-state index in [1.807, 2.05) is 6.92 Å². The summed E-state index contributed by atoms with van der Waals surface area (Å²) < 4.78 is 0. The second kappa shape index (κ2) is 8.11. The first-order valence-corrected chi connectivity index (χ1v) is 8.28. The van der Waals surface area contributed by atoms with Crippen LogP contribution < -0.4 is 11.1 Å². The molecule has 124 valence electrons. The Bertz CT molecular complexity index is 334. The van der Waals surface area contributed by atoms with E-state index < -0.39 is 5.54 Å². The van der Waals surface area contributed by atoms with E-state index in [0.29, 0.717) is 6.04 Å². The van der Waals surface area contributed by atoms with Crippen LogP contribution in [-0.4, -0.2) is 66.6 Å². The summed E-state index contributed by atoms with van der Waals surface area (Å²) in [4.78, 5) is 16.8. The lowest BCUT2D eigenvalue weighted by atomic mass is 9.95. The maximum absolute atomic E-state index is 11.8. The van der Waals surface area contributed by atoms with Crippen LogP contribution in [0.2, 0.25) is 0 Å². The molecule has 5 nitrogen and oxygen atoms in total. The Morgan fingerprint density at radius 3 is 2.62 bits per heavy atom. The molecular formula is C16H34N4O. The lowest BCUT2D eigenvalue weighted by Gasteiger charge is -2.35. The molecule has 1 aliphatic heterocycles. The Labute approximate surface area is 130 Å². The van der Waals surface area contributed by atoms with Crippen LogP contribution in [0, 0.1) is 0 Å². The highest BCUT2D eigenvalue weighted by molar-refractivity contribution is 5.84. The fourth-order valence-corrected chi connectivity index (χ4v) is 3.25. The van der Waals surface area contributed by atoms with Gasteiger partial charge in [-0.2, -0.15) is 0 Å². The number of nitrogens with two attached hydrogens (primary N) is 1. The normalized spacial score (nSPS) is 24.8. The number of likely N-dealkylation sites (N-methyl/N-ethyl adjacent to an activating group) is 1. The number of carbonyl (C=O) groups excluding carboxylic acids is 1. The average Bonchev–Trinajstić information content (AvgIpc) is 2.56. The molecule has 0 aromatic rings. The van der Waals surface area contributed by atoms with Crippen LogP contribution in [0.5, 0.6) is 0 Å². The molecule has 2 atom stereocenters. The molecule has 1 rings (SSSR count). The highest BCUT2D eigenvalue weighted by atomic mass is 16.1. The number of amides is 1. The Hall–Kier alpha value is -0.650. The zero-order valence-corrected chi connectivity index (χ0v) is 14.5. The van der Waals surface area contributed by atoms with Crippen molar-refractivity contribution in [2.45, 2.75) is 64.6 Å². The van der Waals surface area contributed by atoms with Gasteiger partial charge in [0.2, 0.25) is 5.91 Å². The van der Waals surface area contributed by atoms with E-state index in [1.165, 1.54) is 6.42 Å². The van der Waals surface area contributed by atoms with E-state index in [9.17, 15) is 4.79 Å². The summed E-state index contributed by atoms with van der Waals surface area (Å²) in [6.07, 6.45) is 3.11. The topological polar surface area (TPSA) is 61.6 Å². The van der Waals surface area contributed by atoms with Crippen LogP contribution in [0.1, 0.15) is 47.0 Å². The van der Waals surface area contributed by atoms with Gasteiger partial charge in [-0.25, -0.2) is 0 Å². The van der Waals surface area contributed by atoms with E-state index >= 15 is 0 Å². The molecule has 3 N–H and O–H groups in total. The van der Waals surface area contributed by atoms with Crippen LogP contribution in [0.25, 0.3) is 0 Å². The molecule has 0 radical (unpaired) electrons. The number of rotatable bonds is 7. The van der Waals surface area contributed by atoms with Gasteiger partial charge in [0, 0.05) is 25.2 Å². The minimum Gasteiger partial charge on any atom is -0.368 e. The number of nitrogens with one attached hydrogen (secondary N) is 1. The van der Waals surface area contributed by atoms with Gasteiger partial charge in [-0.15, -0.1) is 0 Å². The highest BCUT2D eigenvalue weighted by Crippen LogP contribution is 2.17. The zero-order valence-electron chi connectivity index (χ0n) is 14.5. The maximum Gasteiger partial charge on any atom is 0.237 e. The van der Waals surface area contributed by atoms with Crippen LogP contribution in [-0.2, 0) is 4.79 Å². The number of nitrogens with zero attached hydrogens (tertiary/aromatic N) is 2. The van der Waals surface area contributed by atoms with Crippen molar-refractivity contribution in [3.8, 4) is 0 Å². The third-order valence-electron chi connectivity index (χ3n) is 4.55. The molecular weight excluding hydrogens is 264 g/mol. The number of hydrogen-bond donors (Lipinski definition) is 2. The average molecular weight is 298 g/mol. The van der Waals surface area contributed by atoms with Crippen molar-refractivity contribution >= 4 is 5.91 Å². The Morgan fingerprint density at radius 2 is 2.10 bits per heavy atom. The molecule has 0 aliphatic carbocycles. The first kappa shape index (κ1) is 18.4. The molecule has 2 unspecified atom stereocenters. The summed E-state index contributed by atoms with van der Waals surface area (Å²) in [7, 11) is 2.19. The number of hydrogen-bond acceptors (Lipinski definition) is 4. The minimum atomic E-state index is -0.620. The van der Waals surface area contributed by atoms with Crippen LogP contribution in [0.15, 0.2) is 0 Å². The Balaban J connectivity index is 2.66. The van der Waals surface area contributed by atoms with Crippen LogP contribution >= 0.6 is 0 Å². The van der Waals surface area contributed by atoms with Crippen molar-refractivity contribution in [2.75, 3.05) is 33.2 Å². The molecule has 0 spiro atoms. The highest BCUT2D eigenvalue weighted by Gasteiger charge is 2.33. The molecule has 0 aromatic heterocycles. The molecule has 1 amide bonds. The zero-order chi connectivity index (χ0) is 16.0. The molecule has 1 fully saturated rings. The lowest BCUT2D eigenvalue weighted by molar-refractivity contribution is -0.124. The summed E-state index contributed by atoms with van der Waals surface area (Å²) in [6.45, 7) is 12.6. The van der Waals surface area contributed by atoms with Crippen LogP contribution in [0.3, 0.4) is 0 Å². The summed E-state index contributed by atoms with van der Waals surface area (Å²) >= 11 is 0. The van der Waals surface area contributed by atoms with Gasteiger partial charge in [0.15, 0.2) is 0 Å². The summed E-state index contributed by atoms with van der Waals surface area (Å²) in [5.41, 5.74) is 5.01. The van der Waals surface area contributed by atoms with E-state index in [0.717, 1.165) is 39.0 Å². The molecule has 0 bridgehead atoms. The SMILES string of the molecule is CCC1CN(C)CCCN1CCC(C)(NC(C)C)C(N)=O. The van der Waals surface area contributed by atoms with Gasteiger partial charge in [-0.05, 0) is 60.2 Å². The van der Waals surface area contributed by atoms with Crippen molar-refractivity contribution in [1.82, 2.24) is 15.1 Å². The van der Waals surface area contributed by atoms with Gasteiger partial charge in [0.05, 0.1) is 5.54 Å². The summed E-state index contributed by atoms with van der Waals surface area (Å²) in [5.74, 6) is -0.254. The standard InChI is InChI=1S/C16H34N4O/c1-6-14-12-19(5)9-7-10-20(14)11-8-16(4,15(17)21)18-13(2)3/h13-14,18H,6-12H2,1-5H3,(H2,17,21). The molecule has 0 saturated carbocycles. The fourth-order valence-electron chi connectivity index (χ4n) is 3.25. The Kier molecular flexibility index (Phi) is 7.10. The smallest absolute Gasteiger partial charge is 0.237 e. The van der Waals surface area contributed by atoms with Crippen molar-refractivity contribution in [3.63, 3.8) is 0 Å². The molecule has 0 aromatic carbocycles. The van der Waals surface area contributed by atoms with E-state index in [2.05, 4.69) is 42.9 Å². The van der Waals surface area contributed by atoms with Crippen molar-refractivity contribution in [3.05, 3.63) is 0 Å². The molecule has 1 saturated heterocycles. The fraction of sp³-hybridized carbons (Fsp3) is 0.938. The lowest BCUT2D eigenvalue weighted by Crippen LogP contribution is -2.57. The molecule has 1 aliphatic rings. The van der Waals surface area contributed by atoms with Gasteiger partial charge in [-0.3, -0.25) is 9.69 Å². The first-order chi connectivity index (χ1) is 9.78. The molecule has 5 heteroatoms. The second-order valence-corrected chi connectivity index (χ2v) is 6.96. The maximum atomic E-state index is 11.8. The van der Waals surface area contributed by atoms with Gasteiger partial charge in [0.1, 0.15) is 0 Å². The monoisotopic (exact) mass is 298 g/mol. The first-order valence-electron chi connectivity index (χ1n) is 8.28. The largest absolute Gasteiger partial charge is 0.368 e.